The number of benzene rings is 2. The minimum absolute atomic E-state index is 0.197. The fourth-order valence-electron chi connectivity index (χ4n) is 2.35. The maximum atomic E-state index is 12.4. The van der Waals surface area contributed by atoms with Crippen molar-refractivity contribution in [2.75, 3.05) is 24.9 Å². The Morgan fingerprint density at radius 3 is 2.21 bits per heavy atom. The molecule has 0 fully saturated rings. The van der Waals surface area contributed by atoms with Crippen molar-refractivity contribution in [1.29, 1.82) is 0 Å². The van der Waals surface area contributed by atoms with Crippen LogP contribution in [-0.4, -0.2) is 36.1 Å². The molecule has 8 heteroatoms. The molecule has 3 aromatic rings. The summed E-state index contributed by atoms with van der Waals surface area (Å²) in [5, 5.41) is 5.75. The van der Waals surface area contributed by atoms with Crippen molar-refractivity contribution in [3.8, 4) is 5.75 Å². The molecule has 0 aliphatic rings. The Labute approximate surface area is 161 Å². The molecule has 8 nitrogen and oxygen atoms in total. The fourth-order valence-corrected chi connectivity index (χ4v) is 2.35. The minimum atomic E-state index is -0.442. The minimum Gasteiger partial charge on any atom is -0.497 e. The molecule has 0 aliphatic carbocycles. The van der Waals surface area contributed by atoms with Crippen LogP contribution in [0.3, 0.4) is 0 Å². The highest BCUT2D eigenvalue weighted by Gasteiger charge is 2.11. The van der Waals surface area contributed by atoms with Crippen LogP contribution in [0.5, 0.6) is 5.75 Å². The van der Waals surface area contributed by atoms with Crippen LogP contribution >= 0.6 is 0 Å². The molecule has 142 valence electrons. The Bertz CT molecular complexity index is 972. The van der Waals surface area contributed by atoms with Crippen molar-refractivity contribution in [3.63, 3.8) is 0 Å². The Morgan fingerprint density at radius 1 is 0.893 bits per heavy atom. The zero-order valence-electron chi connectivity index (χ0n) is 15.3. The predicted octanol–water partition coefficient (Wildman–Crippen LogP) is 3.27. The number of amides is 1. The molecule has 0 saturated carbocycles. The van der Waals surface area contributed by atoms with Crippen LogP contribution in [0.15, 0.2) is 60.8 Å². The standard InChI is InChI=1S/C20H18N4O4/c1-27-16-9-7-15(8-10-16)23-20-21-12-11-17(24-20)18(25)22-14-5-3-13(4-6-14)19(26)28-2/h3-12H,1-2H3,(H,22,25)(H,21,23,24). The SMILES string of the molecule is COC(=O)c1ccc(NC(=O)c2ccnc(Nc3ccc(OC)cc3)n2)cc1. The summed E-state index contributed by atoms with van der Waals surface area (Å²) < 4.78 is 9.76. The first-order valence-corrected chi connectivity index (χ1v) is 8.33. The zero-order chi connectivity index (χ0) is 19.9. The molecule has 0 saturated heterocycles. The van der Waals surface area contributed by atoms with Crippen molar-refractivity contribution in [2.24, 2.45) is 0 Å². The van der Waals surface area contributed by atoms with Gasteiger partial charge in [0.25, 0.3) is 5.91 Å². The number of nitrogens with zero attached hydrogens (tertiary/aromatic N) is 2. The monoisotopic (exact) mass is 378 g/mol. The molecule has 0 unspecified atom stereocenters. The average Bonchev–Trinajstić information content (AvgIpc) is 2.74. The number of anilines is 3. The van der Waals surface area contributed by atoms with Gasteiger partial charge in [-0.25, -0.2) is 14.8 Å². The zero-order valence-corrected chi connectivity index (χ0v) is 15.3. The number of aromatic nitrogens is 2. The van der Waals surface area contributed by atoms with E-state index in [1.54, 1.807) is 43.5 Å². The van der Waals surface area contributed by atoms with Gasteiger partial charge in [0.05, 0.1) is 19.8 Å². The lowest BCUT2D eigenvalue weighted by Crippen LogP contribution is -2.15. The third-order valence-corrected chi connectivity index (χ3v) is 3.80. The third kappa shape index (κ3) is 4.61. The quantitative estimate of drug-likeness (QED) is 0.635. The van der Waals surface area contributed by atoms with E-state index in [0.717, 1.165) is 11.4 Å². The van der Waals surface area contributed by atoms with Crippen LogP contribution in [0.1, 0.15) is 20.8 Å². The van der Waals surface area contributed by atoms with Crippen LogP contribution in [0.25, 0.3) is 0 Å². The van der Waals surface area contributed by atoms with E-state index in [4.69, 9.17) is 4.74 Å². The van der Waals surface area contributed by atoms with Gasteiger partial charge in [-0.05, 0) is 54.6 Å². The smallest absolute Gasteiger partial charge is 0.337 e. The molecular weight excluding hydrogens is 360 g/mol. The second kappa shape index (κ2) is 8.63. The average molecular weight is 378 g/mol. The van der Waals surface area contributed by atoms with Gasteiger partial charge < -0.3 is 20.1 Å². The number of hydrogen-bond donors (Lipinski definition) is 2. The molecule has 2 N–H and O–H groups in total. The van der Waals surface area contributed by atoms with Crippen molar-refractivity contribution < 1.29 is 19.1 Å². The summed E-state index contributed by atoms with van der Waals surface area (Å²) >= 11 is 0. The first kappa shape index (κ1) is 18.8. The van der Waals surface area contributed by atoms with Crippen molar-refractivity contribution >= 4 is 29.2 Å². The first-order valence-electron chi connectivity index (χ1n) is 8.33. The lowest BCUT2D eigenvalue weighted by Gasteiger charge is -2.08. The molecule has 1 aromatic heterocycles. The number of hydrogen-bond acceptors (Lipinski definition) is 7. The Kier molecular flexibility index (Phi) is 5.81. The first-order chi connectivity index (χ1) is 13.6. The number of rotatable bonds is 6. The molecule has 0 atom stereocenters. The van der Waals surface area contributed by atoms with Gasteiger partial charge in [0.15, 0.2) is 0 Å². The van der Waals surface area contributed by atoms with Gasteiger partial charge in [0.2, 0.25) is 5.95 Å². The van der Waals surface area contributed by atoms with E-state index in [9.17, 15) is 9.59 Å². The molecule has 0 spiro atoms. The lowest BCUT2D eigenvalue weighted by atomic mass is 10.2. The highest BCUT2D eigenvalue weighted by Crippen LogP contribution is 2.18. The molecule has 0 aliphatic heterocycles. The van der Waals surface area contributed by atoms with Gasteiger partial charge in [-0.1, -0.05) is 0 Å². The van der Waals surface area contributed by atoms with E-state index in [-0.39, 0.29) is 5.69 Å². The summed E-state index contributed by atoms with van der Waals surface area (Å²) in [6.45, 7) is 0. The topological polar surface area (TPSA) is 102 Å². The Hall–Kier alpha value is -3.94. The highest BCUT2D eigenvalue weighted by atomic mass is 16.5. The van der Waals surface area contributed by atoms with E-state index >= 15 is 0 Å². The Morgan fingerprint density at radius 2 is 1.57 bits per heavy atom. The summed E-state index contributed by atoms with van der Waals surface area (Å²) in [4.78, 5) is 32.2. The fraction of sp³-hybridized carbons (Fsp3) is 0.100. The van der Waals surface area contributed by atoms with E-state index in [1.165, 1.54) is 19.4 Å². The molecule has 0 bridgehead atoms. The summed E-state index contributed by atoms with van der Waals surface area (Å²) in [5.41, 5.74) is 1.88. The van der Waals surface area contributed by atoms with Crippen LogP contribution < -0.4 is 15.4 Å². The van der Waals surface area contributed by atoms with Gasteiger partial charge >= 0.3 is 5.97 Å². The second-order valence-electron chi connectivity index (χ2n) is 5.64. The molecular formula is C20H18N4O4. The van der Waals surface area contributed by atoms with Crippen molar-refractivity contribution in [3.05, 3.63) is 72.1 Å². The van der Waals surface area contributed by atoms with Gasteiger partial charge in [-0.3, -0.25) is 4.79 Å². The molecule has 28 heavy (non-hydrogen) atoms. The van der Waals surface area contributed by atoms with Crippen LogP contribution in [-0.2, 0) is 4.74 Å². The van der Waals surface area contributed by atoms with E-state index in [2.05, 4.69) is 25.3 Å². The van der Waals surface area contributed by atoms with Gasteiger partial charge in [-0.2, -0.15) is 0 Å². The van der Waals surface area contributed by atoms with E-state index < -0.39 is 11.9 Å². The summed E-state index contributed by atoms with van der Waals surface area (Å²) in [6.07, 6.45) is 1.49. The molecule has 3 rings (SSSR count). The number of carbonyl (C=O) groups is 2. The van der Waals surface area contributed by atoms with E-state index in [1.807, 2.05) is 12.1 Å². The normalized spacial score (nSPS) is 10.1. The summed E-state index contributed by atoms with van der Waals surface area (Å²) in [5.74, 6) is 0.186. The van der Waals surface area contributed by atoms with Gasteiger partial charge in [-0.15, -0.1) is 0 Å². The highest BCUT2D eigenvalue weighted by molar-refractivity contribution is 6.03. The molecule has 1 heterocycles. The maximum Gasteiger partial charge on any atom is 0.337 e. The number of ether oxygens (including phenoxy) is 2. The van der Waals surface area contributed by atoms with Crippen LogP contribution in [0.4, 0.5) is 17.3 Å². The second-order valence-corrected chi connectivity index (χ2v) is 5.64. The van der Waals surface area contributed by atoms with Crippen molar-refractivity contribution in [2.45, 2.75) is 0 Å². The number of carbonyl (C=O) groups excluding carboxylic acids is 2. The van der Waals surface area contributed by atoms with Gasteiger partial charge in [0.1, 0.15) is 11.4 Å². The summed E-state index contributed by atoms with van der Waals surface area (Å²) in [7, 11) is 2.90. The third-order valence-electron chi connectivity index (χ3n) is 3.80. The van der Waals surface area contributed by atoms with Gasteiger partial charge in [0, 0.05) is 17.6 Å². The predicted molar refractivity (Wildman–Crippen MR) is 104 cm³/mol. The summed E-state index contributed by atoms with van der Waals surface area (Å²) in [6, 6.07) is 15.1. The number of nitrogens with one attached hydrogen (secondary N) is 2. The maximum absolute atomic E-state index is 12.4. The number of esters is 1. The molecule has 2 aromatic carbocycles. The van der Waals surface area contributed by atoms with Crippen LogP contribution in [0.2, 0.25) is 0 Å². The van der Waals surface area contributed by atoms with E-state index in [0.29, 0.717) is 17.2 Å². The van der Waals surface area contributed by atoms with Crippen LogP contribution in [0, 0.1) is 0 Å². The lowest BCUT2D eigenvalue weighted by molar-refractivity contribution is 0.0600. The number of methoxy groups -OCH3 is 2. The molecule has 0 radical (unpaired) electrons. The Balaban J connectivity index is 1.68. The van der Waals surface area contributed by atoms with Crippen molar-refractivity contribution in [1.82, 2.24) is 9.97 Å². The largest absolute Gasteiger partial charge is 0.497 e. The molecule has 1 amide bonds.